The number of aromatic nitrogens is 1. The number of pyridine rings is 1. The van der Waals surface area contributed by atoms with Crippen LogP contribution in [0.15, 0.2) is 42.5 Å². The fourth-order valence-corrected chi connectivity index (χ4v) is 1.65. The van der Waals surface area contributed by atoms with Gasteiger partial charge < -0.3 is 16.6 Å². The van der Waals surface area contributed by atoms with Crippen LogP contribution in [0.4, 0.5) is 5.82 Å². The molecule has 2 aromatic rings. The van der Waals surface area contributed by atoms with Crippen LogP contribution in [-0.2, 0) is 6.54 Å². The van der Waals surface area contributed by atoms with Crippen molar-refractivity contribution in [2.45, 2.75) is 13.5 Å². The highest BCUT2D eigenvalue weighted by Gasteiger charge is 2.10. The van der Waals surface area contributed by atoms with Crippen molar-refractivity contribution in [1.82, 2.24) is 11.1 Å². The normalized spacial score (nSPS) is 9.53. The van der Waals surface area contributed by atoms with Gasteiger partial charge in [0.2, 0.25) is 0 Å². The Morgan fingerprint density at radius 3 is 2.53 bits per heavy atom. The number of benzene rings is 1. The van der Waals surface area contributed by atoms with Crippen LogP contribution in [0.2, 0.25) is 0 Å². The third kappa shape index (κ3) is 3.79. The molecule has 1 aromatic carbocycles. The van der Waals surface area contributed by atoms with Gasteiger partial charge in [-0.1, -0.05) is 30.3 Å². The number of carbonyl (C=O) groups is 1. The number of aromatic carboxylic acids is 1. The van der Waals surface area contributed by atoms with Crippen molar-refractivity contribution in [1.29, 1.82) is 0 Å². The second kappa shape index (κ2) is 6.51. The molecule has 0 aliphatic heterocycles. The van der Waals surface area contributed by atoms with Crippen LogP contribution < -0.4 is 11.5 Å². The SMILES string of the molecule is Cc1ccc(C(=O)O)c(NCc2ccccc2)n1.N. The van der Waals surface area contributed by atoms with Gasteiger partial charge in [0.05, 0.1) is 0 Å². The summed E-state index contributed by atoms with van der Waals surface area (Å²) in [5.74, 6) is -0.565. The Morgan fingerprint density at radius 2 is 1.89 bits per heavy atom. The second-order valence-corrected chi connectivity index (χ2v) is 3.99. The molecule has 0 aliphatic carbocycles. The second-order valence-electron chi connectivity index (χ2n) is 3.99. The number of anilines is 1. The van der Waals surface area contributed by atoms with Crippen molar-refractivity contribution < 1.29 is 9.90 Å². The summed E-state index contributed by atoms with van der Waals surface area (Å²) in [5, 5.41) is 12.1. The molecular weight excluding hydrogens is 242 g/mol. The highest BCUT2D eigenvalue weighted by molar-refractivity contribution is 5.93. The van der Waals surface area contributed by atoms with Crippen LogP contribution in [0.3, 0.4) is 0 Å². The Hall–Kier alpha value is -2.40. The molecule has 100 valence electrons. The van der Waals surface area contributed by atoms with Gasteiger partial charge in [-0.25, -0.2) is 9.78 Å². The summed E-state index contributed by atoms with van der Waals surface area (Å²) in [6, 6.07) is 13.0. The maximum Gasteiger partial charge on any atom is 0.339 e. The average molecular weight is 259 g/mol. The van der Waals surface area contributed by atoms with E-state index in [-0.39, 0.29) is 11.7 Å². The molecule has 1 aromatic heterocycles. The van der Waals surface area contributed by atoms with Crippen LogP contribution in [0.5, 0.6) is 0 Å². The average Bonchev–Trinajstić information content (AvgIpc) is 2.37. The Morgan fingerprint density at radius 1 is 1.21 bits per heavy atom. The minimum Gasteiger partial charge on any atom is -0.478 e. The number of hydrogen-bond acceptors (Lipinski definition) is 4. The Labute approximate surface area is 111 Å². The van der Waals surface area contributed by atoms with E-state index in [1.807, 2.05) is 37.3 Å². The number of nitrogens with one attached hydrogen (secondary N) is 1. The molecule has 2 rings (SSSR count). The lowest BCUT2D eigenvalue weighted by Crippen LogP contribution is -2.08. The first-order valence-corrected chi connectivity index (χ1v) is 5.65. The van der Waals surface area contributed by atoms with Gasteiger partial charge in [0.25, 0.3) is 0 Å². The summed E-state index contributed by atoms with van der Waals surface area (Å²) in [7, 11) is 0. The van der Waals surface area contributed by atoms with Crippen LogP contribution in [0.25, 0.3) is 0 Å². The molecule has 19 heavy (non-hydrogen) atoms. The number of rotatable bonds is 4. The molecule has 0 fully saturated rings. The first-order chi connectivity index (χ1) is 8.66. The summed E-state index contributed by atoms with van der Waals surface area (Å²) in [4.78, 5) is 15.3. The monoisotopic (exact) mass is 259 g/mol. The van der Waals surface area contributed by atoms with E-state index in [9.17, 15) is 4.79 Å². The van der Waals surface area contributed by atoms with Gasteiger partial charge in [-0.3, -0.25) is 0 Å². The highest BCUT2D eigenvalue weighted by atomic mass is 16.4. The first kappa shape index (κ1) is 14.7. The van der Waals surface area contributed by atoms with Crippen molar-refractivity contribution in [3.05, 3.63) is 59.3 Å². The summed E-state index contributed by atoms with van der Waals surface area (Å²) < 4.78 is 0. The zero-order valence-corrected chi connectivity index (χ0v) is 10.8. The van der Waals surface area contributed by atoms with Crippen molar-refractivity contribution in [2.75, 3.05) is 5.32 Å². The zero-order chi connectivity index (χ0) is 13.0. The zero-order valence-electron chi connectivity index (χ0n) is 10.8. The molecule has 0 radical (unpaired) electrons. The lowest BCUT2D eigenvalue weighted by Gasteiger charge is -2.09. The van der Waals surface area contributed by atoms with E-state index in [0.29, 0.717) is 12.4 Å². The molecule has 5 N–H and O–H groups in total. The molecule has 0 bridgehead atoms. The fraction of sp³-hybridized carbons (Fsp3) is 0.143. The van der Waals surface area contributed by atoms with E-state index in [4.69, 9.17) is 5.11 Å². The Kier molecular flexibility index (Phi) is 5.02. The van der Waals surface area contributed by atoms with Gasteiger partial charge in [0, 0.05) is 12.2 Å². The van der Waals surface area contributed by atoms with Gasteiger partial charge in [-0.2, -0.15) is 0 Å². The third-order valence-electron chi connectivity index (χ3n) is 2.57. The lowest BCUT2D eigenvalue weighted by atomic mass is 10.2. The topological polar surface area (TPSA) is 97.2 Å². The van der Waals surface area contributed by atoms with Crippen molar-refractivity contribution in [2.24, 2.45) is 0 Å². The minimum atomic E-state index is -0.974. The molecule has 0 saturated carbocycles. The van der Waals surface area contributed by atoms with Gasteiger partial charge in [0.1, 0.15) is 11.4 Å². The number of carboxylic acid groups (broad SMARTS) is 1. The lowest BCUT2D eigenvalue weighted by molar-refractivity contribution is 0.0697. The predicted molar refractivity (Wildman–Crippen MR) is 74.7 cm³/mol. The van der Waals surface area contributed by atoms with E-state index in [2.05, 4.69) is 10.3 Å². The quantitative estimate of drug-likeness (QED) is 0.784. The largest absolute Gasteiger partial charge is 0.478 e. The summed E-state index contributed by atoms with van der Waals surface area (Å²) >= 11 is 0. The number of nitrogens with zero attached hydrogens (tertiary/aromatic N) is 1. The molecule has 0 spiro atoms. The molecular formula is C14H17N3O2. The number of hydrogen-bond donors (Lipinski definition) is 3. The molecule has 0 aliphatic rings. The number of carboxylic acids is 1. The fourth-order valence-electron chi connectivity index (χ4n) is 1.65. The maximum absolute atomic E-state index is 11.1. The van der Waals surface area contributed by atoms with Gasteiger partial charge in [0.15, 0.2) is 0 Å². The minimum absolute atomic E-state index is 0. The number of aryl methyl sites for hydroxylation is 1. The third-order valence-corrected chi connectivity index (χ3v) is 2.57. The van der Waals surface area contributed by atoms with Crippen molar-refractivity contribution in [3.63, 3.8) is 0 Å². The molecule has 0 atom stereocenters. The van der Waals surface area contributed by atoms with Gasteiger partial charge in [-0.05, 0) is 24.6 Å². The van der Waals surface area contributed by atoms with E-state index < -0.39 is 5.97 Å². The van der Waals surface area contributed by atoms with Gasteiger partial charge in [-0.15, -0.1) is 0 Å². The summed E-state index contributed by atoms with van der Waals surface area (Å²) in [6.45, 7) is 2.39. The molecule has 0 amide bonds. The van der Waals surface area contributed by atoms with E-state index in [1.54, 1.807) is 12.1 Å². The smallest absolute Gasteiger partial charge is 0.339 e. The first-order valence-electron chi connectivity index (χ1n) is 5.65. The van der Waals surface area contributed by atoms with Crippen molar-refractivity contribution >= 4 is 11.8 Å². The summed E-state index contributed by atoms with van der Waals surface area (Å²) in [5.41, 5.74) is 2.06. The van der Waals surface area contributed by atoms with Crippen LogP contribution in [0, 0.1) is 6.92 Å². The predicted octanol–water partition coefficient (Wildman–Crippen LogP) is 2.86. The Bertz CT molecular complexity index is 556. The van der Waals surface area contributed by atoms with Crippen molar-refractivity contribution in [3.8, 4) is 0 Å². The maximum atomic E-state index is 11.1. The van der Waals surface area contributed by atoms with Crippen LogP contribution in [-0.4, -0.2) is 16.1 Å². The van der Waals surface area contributed by atoms with Crippen LogP contribution in [0.1, 0.15) is 21.6 Å². The van der Waals surface area contributed by atoms with E-state index >= 15 is 0 Å². The highest BCUT2D eigenvalue weighted by Crippen LogP contribution is 2.14. The Balaban J connectivity index is 0.00000180. The summed E-state index contributed by atoms with van der Waals surface area (Å²) in [6.07, 6.45) is 0. The molecule has 0 saturated heterocycles. The van der Waals surface area contributed by atoms with E-state index in [0.717, 1.165) is 11.3 Å². The molecule has 5 heteroatoms. The standard InChI is InChI=1S/C14H14N2O2.H3N/c1-10-7-8-12(14(17)18)13(16-10)15-9-11-5-3-2-4-6-11;/h2-8H,9H2,1H3,(H,15,16)(H,17,18);1H3. The molecule has 5 nitrogen and oxygen atoms in total. The molecule has 1 heterocycles. The van der Waals surface area contributed by atoms with Crippen LogP contribution >= 0.6 is 0 Å². The molecule has 0 unspecified atom stereocenters. The van der Waals surface area contributed by atoms with E-state index in [1.165, 1.54) is 0 Å². The van der Waals surface area contributed by atoms with Gasteiger partial charge >= 0.3 is 5.97 Å².